The molecule has 0 bridgehead atoms. The maximum atomic E-state index is 12.0. The van der Waals surface area contributed by atoms with Gasteiger partial charge in [0.05, 0.1) is 6.04 Å². The van der Waals surface area contributed by atoms with Crippen LogP contribution in [0.4, 0.5) is 10.5 Å². The van der Waals surface area contributed by atoms with Crippen molar-refractivity contribution < 1.29 is 4.79 Å². The minimum atomic E-state index is -0.0730. The Bertz CT molecular complexity index is 583. The molecule has 19 heavy (non-hydrogen) atoms. The maximum Gasteiger partial charge on any atom is 0.322 e. The van der Waals surface area contributed by atoms with Crippen LogP contribution in [0.2, 0.25) is 5.02 Å². The summed E-state index contributed by atoms with van der Waals surface area (Å²) in [5.74, 6) is 0. The molecule has 1 heterocycles. The van der Waals surface area contributed by atoms with Crippen LogP contribution >= 0.6 is 11.6 Å². The summed E-state index contributed by atoms with van der Waals surface area (Å²) in [7, 11) is 0. The SMILES string of the molecule is O=C1NCC(c2ccccc2)N1c1ccc(Cl)cc1. The summed E-state index contributed by atoms with van der Waals surface area (Å²) in [5, 5.41) is 3.55. The lowest BCUT2D eigenvalue weighted by Crippen LogP contribution is -2.29. The van der Waals surface area contributed by atoms with Crippen LogP contribution in [0.25, 0.3) is 0 Å². The Morgan fingerprint density at radius 3 is 2.42 bits per heavy atom. The first-order chi connectivity index (χ1) is 9.25. The first-order valence-electron chi connectivity index (χ1n) is 6.13. The summed E-state index contributed by atoms with van der Waals surface area (Å²) in [6.45, 7) is 0.617. The second-order valence-electron chi connectivity index (χ2n) is 4.46. The molecule has 1 aliphatic heterocycles. The van der Waals surface area contributed by atoms with Crippen molar-refractivity contribution in [1.82, 2.24) is 5.32 Å². The number of amides is 2. The fourth-order valence-electron chi connectivity index (χ4n) is 2.34. The summed E-state index contributed by atoms with van der Waals surface area (Å²) >= 11 is 5.89. The number of anilines is 1. The van der Waals surface area contributed by atoms with Crippen molar-refractivity contribution in [2.24, 2.45) is 0 Å². The lowest BCUT2D eigenvalue weighted by Gasteiger charge is -2.23. The molecule has 96 valence electrons. The van der Waals surface area contributed by atoms with Crippen molar-refractivity contribution in [3.63, 3.8) is 0 Å². The quantitative estimate of drug-likeness (QED) is 0.890. The molecule has 0 aromatic heterocycles. The van der Waals surface area contributed by atoms with Crippen molar-refractivity contribution in [1.29, 1.82) is 0 Å². The molecule has 4 heteroatoms. The minimum absolute atomic E-state index is 0.0230. The van der Waals surface area contributed by atoms with E-state index in [1.807, 2.05) is 42.5 Å². The van der Waals surface area contributed by atoms with E-state index in [2.05, 4.69) is 5.32 Å². The van der Waals surface area contributed by atoms with Crippen LogP contribution in [-0.2, 0) is 0 Å². The van der Waals surface area contributed by atoms with Gasteiger partial charge >= 0.3 is 6.03 Å². The number of urea groups is 1. The van der Waals surface area contributed by atoms with Crippen LogP contribution in [0, 0.1) is 0 Å². The summed E-state index contributed by atoms with van der Waals surface area (Å²) in [5.41, 5.74) is 1.98. The highest BCUT2D eigenvalue weighted by Gasteiger charge is 2.32. The van der Waals surface area contributed by atoms with Crippen molar-refractivity contribution >= 4 is 23.3 Å². The second kappa shape index (κ2) is 4.94. The van der Waals surface area contributed by atoms with E-state index in [1.165, 1.54) is 0 Å². The van der Waals surface area contributed by atoms with E-state index in [1.54, 1.807) is 17.0 Å². The number of nitrogens with one attached hydrogen (secondary N) is 1. The first kappa shape index (κ1) is 12.1. The van der Waals surface area contributed by atoms with E-state index in [9.17, 15) is 4.79 Å². The lowest BCUT2D eigenvalue weighted by atomic mass is 10.1. The Hall–Kier alpha value is -2.00. The van der Waals surface area contributed by atoms with Crippen LogP contribution in [0.1, 0.15) is 11.6 Å². The predicted octanol–water partition coefficient (Wildman–Crippen LogP) is 3.61. The Balaban J connectivity index is 1.97. The van der Waals surface area contributed by atoms with E-state index in [-0.39, 0.29) is 12.1 Å². The molecular formula is C15H13ClN2O. The largest absolute Gasteiger partial charge is 0.335 e. The topological polar surface area (TPSA) is 32.3 Å². The van der Waals surface area contributed by atoms with Crippen LogP contribution in [0.15, 0.2) is 54.6 Å². The number of hydrogen-bond donors (Lipinski definition) is 1. The van der Waals surface area contributed by atoms with Crippen molar-refractivity contribution in [2.45, 2.75) is 6.04 Å². The number of carbonyl (C=O) groups is 1. The highest BCUT2D eigenvalue weighted by atomic mass is 35.5. The number of halogens is 1. The molecule has 1 saturated heterocycles. The standard InChI is InChI=1S/C15H13ClN2O/c16-12-6-8-13(9-7-12)18-14(10-17-15(18)19)11-4-2-1-3-5-11/h1-9,14H,10H2,(H,17,19). The third-order valence-corrected chi connectivity index (χ3v) is 3.52. The van der Waals surface area contributed by atoms with Gasteiger partial charge in [-0.1, -0.05) is 41.9 Å². The Morgan fingerprint density at radius 1 is 1.05 bits per heavy atom. The average Bonchev–Trinajstić information content (AvgIpc) is 2.83. The van der Waals surface area contributed by atoms with Crippen LogP contribution in [0.3, 0.4) is 0 Å². The molecule has 2 amide bonds. The first-order valence-corrected chi connectivity index (χ1v) is 6.51. The van der Waals surface area contributed by atoms with E-state index in [0.717, 1.165) is 11.3 Å². The van der Waals surface area contributed by atoms with E-state index < -0.39 is 0 Å². The molecule has 1 aliphatic rings. The van der Waals surface area contributed by atoms with Crippen molar-refractivity contribution in [3.05, 3.63) is 65.2 Å². The van der Waals surface area contributed by atoms with Gasteiger partial charge in [-0.15, -0.1) is 0 Å². The summed E-state index contributed by atoms with van der Waals surface area (Å²) in [6.07, 6.45) is 0. The summed E-state index contributed by atoms with van der Waals surface area (Å²) in [4.78, 5) is 13.8. The zero-order chi connectivity index (χ0) is 13.2. The van der Waals surface area contributed by atoms with E-state index in [4.69, 9.17) is 11.6 Å². The normalized spacial score (nSPS) is 18.5. The Kier molecular flexibility index (Phi) is 3.13. The van der Waals surface area contributed by atoms with Gasteiger partial charge in [0.1, 0.15) is 0 Å². The van der Waals surface area contributed by atoms with Crippen LogP contribution < -0.4 is 10.2 Å². The van der Waals surface area contributed by atoms with Crippen molar-refractivity contribution in [2.75, 3.05) is 11.4 Å². The molecule has 2 aromatic carbocycles. The van der Waals surface area contributed by atoms with Gasteiger partial charge in [-0.2, -0.15) is 0 Å². The molecule has 3 rings (SSSR count). The van der Waals surface area contributed by atoms with Gasteiger partial charge in [-0.25, -0.2) is 4.79 Å². The molecule has 0 spiro atoms. The zero-order valence-corrected chi connectivity index (χ0v) is 11.0. The smallest absolute Gasteiger partial charge is 0.322 e. The average molecular weight is 273 g/mol. The van der Waals surface area contributed by atoms with E-state index in [0.29, 0.717) is 11.6 Å². The molecule has 1 N–H and O–H groups in total. The number of hydrogen-bond acceptors (Lipinski definition) is 1. The molecule has 1 unspecified atom stereocenters. The fraction of sp³-hybridized carbons (Fsp3) is 0.133. The molecule has 0 saturated carbocycles. The van der Waals surface area contributed by atoms with Gasteiger partial charge in [0.15, 0.2) is 0 Å². The second-order valence-corrected chi connectivity index (χ2v) is 4.90. The monoisotopic (exact) mass is 272 g/mol. The summed E-state index contributed by atoms with van der Waals surface area (Å²) in [6, 6.07) is 17.3. The number of carbonyl (C=O) groups excluding carboxylic acids is 1. The number of benzene rings is 2. The highest BCUT2D eigenvalue weighted by Crippen LogP contribution is 2.30. The fourth-order valence-corrected chi connectivity index (χ4v) is 2.47. The molecule has 0 radical (unpaired) electrons. The van der Waals surface area contributed by atoms with Gasteiger partial charge in [-0.05, 0) is 29.8 Å². The van der Waals surface area contributed by atoms with Gasteiger partial charge in [-0.3, -0.25) is 4.90 Å². The highest BCUT2D eigenvalue weighted by molar-refractivity contribution is 6.30. The van der Waals surface area contributed by atoms with Gasteiger partial charge in [0.2, 0.25) is 0 Å². The molecule has 3 nitrogen and oxygen atoms in total. The van der Waals surface area contributed by atoms with Crippen molar-refractivity contribution in [3.8, 4) is 0 Å². The zero-order valence-electron chi connectivity index (χ0n) is 10.2. The molecule has 1 fully saturated rings. The molecular weight excluding hydrogens is 260 g/mol. The Labute approximate surface area is 116 Å². The van der Waals surface area contributed by atoms with Crippen LogP contribution in [-0.4, -0.2) is 12.6 Å². The van der Waals surface area contributed by atoms with Crippen LogP contribution in [0.5, 0.6) is 0 Å². The lowest BCUT2D eigenvalue weighted by molar-refractivity contribution is 0.251. The van der Waals surface area contributed by atoms with Gasteiger partial charge in [0, 0.05) is 17.3 Å². The molecule has 0 aliphatic carbocycles. The third-order valence-electron chi connectivity index (χ3n) is 3.27. The Morgan fingerprint density at radius 2 is 1.74 bits per heavy atom. The van der Waals surface area contributed by atoms with Gasteiger partial charge in [0.25, 0.3) is 0 Å². The molecule has 2 aromatic rings. The number of nitrogens with zero attached hydrogens (tertiary/aromatic N) is 1. The third kappa shape index (κ3) is 2.29. The number of rotatable bonds is 2. The van der Waals surface area contributed by atoms with E-state index >= 15 is 0 Å². The predicted molar refractivity (Wildman–Crippen MR) is 76.5 cm³/mol. The van der Waals surface area contributed by atoms with Gasteiger partial charge < -0.3 is 5.32 Å². The minimum Gasteiger partial charge on any atom is -0.335 e. The summed E-state index contributed by atoms with van der Waals surface area (Å²) < 4.78 is 0. The molecule has 1 atom stereocenters. The maximum absolute atomic E-state index is 12.0.